The first-order valence-electron chi connectivity index (χ1n) is 7.77. The van der Waals surface area contributed by atoms with E-state index in [0.717, 1.165) is 12.3 Å². The third-order valence-electron chi connectivity index (χ3n) is 3.73. The van der Waals surface area contributed by atoms with Crippen molar-refractivity contribution in [1.82, 2.24) is 19.7 Å². The number of nitrogens with one attached hydrogen (secondary N) is 2. The van der Waals surface area contributed by atoms with Crippen LogP contribution in [0.25, 0.3) is 22.3 Å². The van der Waals surface area contributed by atoms with Crippen LogP contribution < -0.4 is 4.72 Å². The van der Waals surface area contributed by atoms with Crippen molar-refractivity contribution in [2.75, 3.05) is 6.54 Å². The Morgan fingerprint density at radius 3 is 2.59 bits per heavy atom. The lowest BCUT2D eigenvalue weighted by Gasteiger charge is -2.09. The third-order valence-corrected chi connectivity index (χ3v) is 5.14. The molecule has 7 nitrogen and oxygen atoms in total. The van der Waals surface area contributed by atoms with Gasteiger partial charge in [0.15, 0.2) is 0 Å². The number of rotatable bonds is 5. The molecule has 0 aliphatic rings. The number of aromatic amines is 1. The molecule has 3 aromatic heterocycles. The molecule has 27 heavy (non-hydrogen) atoms. The number of H-pyrrole nitrogens is 1. The molecule has 0 fully saturated rings. The molecule has 0 aliphatic heterocycles. The van der Waals surface area contributed by atoms with Crippen LogP contribution in [0, 0.1) is 0 Å². The lowest BCUT2D eigenvalue weighted by Crippen LogP contribution is -2.30. The van der Waals surface area contributed by atoms with Gasteiger partial charge < -0.3 is 10.1 Å². The quantitative estimate of drug-likeness (QED) is 0.609. The fourth-order valence-corrected chi connectivity index (χ4v) is 3.48. The summed E-state index contributed by atoms with van der Waals surface area (Å²) in [6.45, 7) is 1.28. The smallest absolute Gasteiger partial charge is 0.392 e. The van der Waals surface area contributed by atoms with Crippen LogP contribution in [0.15, 0.2) is 41.6 Å². The van der Waals surface area contributed by atoms with E-state index in [2.05, 4.69) is 19.7 Å². The minimum Gasteiger partial charge on any atom is -0.392 e. The molecule has 11 heteroatoms. The van der Waals surface area contributed by atoms with Crippen LogP contribution in [-0.4, -0.2) is 41.1 Å². The molecule has 0 saturated carbocycles. The monoisotopic (exact) mass is 400 g/mol. The van der Waals surface area contributed by atoms with Gasteiger partial charge >= 0.3 is 6.18 Å². The zero-order valence-corrected chi connectivity index (χ0v) is 14.8. The fraction of sp³-hybridized carbons (Fsp3) is 0.250. The van der Waals surface area contributed by atoms with Gasteiger partial charge in [-0.2, -0.15) is 13.2 Å². The molecular formula is C16H15F3N4O3S. The summed E-state index contributed by atoms with van der Waals surface area (Å²) in [7, 11) is -3.85. The maximum absolute atomic E-state index is 12.9. The summed E-state index contributed by atoms with van der Waals surface area (Å²) in [6, 6.07) is 5.12. The average Bonchev–Trinajstić information content (AvgIpc) is 3.05. The maximum atomic E-state index is 12.9. The number of aliphatic hydroxyl groups excluding tert-OH is 1. The summed E-state index contributed by atoms with van der Waals surface area (Å²) in [4.78, 5) is 10.0. The van der Waals surface area contributed by atoms with Crippen molar-refractivity contribution < 1.29 is 26.7 Å². The van der Waals surface area contributed by atoms with E-state index in [1.165, 1.54) is 31.3 Å². The van der Waals surface area contributed by atoms with Gasteiger partial charge in [-0.25, -0.2) is 18.1 Å². The number of halogens is 3. The zero-order chi connectivity index (χ0) is 19.8. The van der Waals surface area contributed by atoms with Crippen molar-refractivity contribution in [3.05, 3.63) is 42.4 Å². The summed E-state index contributed by atoms with van der Waals surface area (Å²) in [5.41, 5.74) is -0.201. The van der Waals surface area contributed by atoms with Gasteiger partial charge in [0.1, 0.15) is 16.2 Å². The minimum absolute atomic E-state index is 0.0527. The van der Waals surface area contributed by atoms with Crippen molar-refractivity contribution in [2.24, 2.45) is 0 Å². The third kappa shape index (κ3) is 4.10. The number of fused-ring (bicyclic) bond motifs is 1. The average molecular weight is 400 g/mol. The highest BCUT2D eigenvalue weighted by Gasteiger charge is 2.33. The minimum atomic E-state index is -4.54. The molecule has 0 bridgehead atoms. The summed E-state index contributed by atoms with van der Waals surface area (Å²) in [5.74, 6) is 0. The van der Waals surface area contributed by atoms with Gasteiger partial charge in [0, 0.05) is 29.9 Å². The number of aliphatic hydroxyl groups is 1. The second kappa shape index (κ2) is 6.91. The highest BCUT2D eigenvalue weighted by atomic mass is 32.2. The highest BCUT2D eigenvalue weighted by Crippen LogP contribution is 2.34. The van der Waals surface area contributed by atoms with E-state index < -0.39 is 28.0 Å². The van der Waals surface area contributed by atoms with Crippen molar-refractivity contribution >= 4 is 21.1 Å². The largest absolute Gasteiger partial charge is 0.431 e. The molecule has 3 N–H and O–H groups in total. The van der Waals surface area contributed by atoms with Crippen LogP contribution in [0.3, 0.4) is 0 Å². The lowest BCUT2D eigenvalue weighted by molar-refractivity contribution is -0.140. The van der Waals surface area contributed by atoms with Gasteiger partial charge in [-0.1, -0.05) is 0 Å². The zero-order valence-electron chi connectivity index (χ0n) is 13.9. The molecule has 144 valence electrons. The van der Waals surface area contributed by atoms with Crippen LogP contribution in [0.1, 0.15) is 12.6 Å². The van der Waals surface area contributed by atoms with Crippen molar-refractivity contribution in [2.45, 2.75) is 24.1 Å². The Morgan fingerprint density at radius 2 is 2.00 bits per heavy atom. The number of aromatic nitrogens is 3. The summed E-state index contributed by atoms with van der Waals surface area (Å²) >= 11 is 0. The Morgan fingerprint density at radius 1 is 1.26 bits per heavy atom. The molecule has 3 aromatic rings. The topological polar surface area (TPSA) is 108 Å². The number of hydrogen-bond acceptors (Lipinski definition) is 5. The van der Waals surface area contributed by atoms with Crippen molar-refractivity contribution in [3.8, 4) is 11.3 Å². The number of sulfonamides is 1. The van der Waals surface area contributed by atoms with Crippen LogP contribution in [0.4, 0.5) is 13.2 Å². The van der Waals surface area contributed by atoms with E-state index in [-0.39, 0.29) is 22.5 Å². The van der Waals surface area contributed by atoms with Crippen molar-refractivity contribution in [3.63, 3.8) is 0 Å². The molecule has 0 aliphatic carbocycles. The van der Waals surface area contributed by atoms with Crippen LogP contribution in [-0.2, 0) is 16.2 Å². The van der Waals surface area contributed by atoms with Gasteiger partial charge in [-0.15, -0.1) is 0 Å². The standard InChI is InChI=1S/C16H15F3N4O3S/c1-9(24)7-22-27(25,26)10-2-3-13(21-8-10)11-4-5-20-15-12(11)6-14(23-15)16(17,18)19/h2-6,8-9,22,24H,7H2,1H3,(H,20,23)/t9-/m0/s1. The second-order valence-electron chi connectivity index (χ2n) is 5.88. The van der Waals surface area contributed by atoms with Gasteiger partial charge in [-0.05, 0) is 31.2 Å². The second-order valence-corrected chi connectivity index (χ2v) is 7.65. The van der Waals surface area contributed by atoms with E-state index in [1.807, 2.05) is 0 Å². The summed E-state index contributed by atoms with van der Waals surface area (Å²) in [5, 5.41) is 9.41. The molecule has 3 rings (SSSR count). The van der Waals surface area contributed by atoms with E-state index in [1.54, 1.807) is 0 Å². The molecule has 0 saturated heterocycles. The van der Waals surface area contributed by atoms with Gasteiger partial charge in [-0.3, -0.25) is 4.98 Å². The van der Waals surface area contributed by atoms with Crippen molar-refractivity contribution in [1.29, 1.82) is 0 Å². The molecule has 0 spiro atoms. The Kier molecular flexibility index (Phi) is 4.93. The number of pyridine rings is 2. The predicted molar refractivity (Wildman–Crippen MR) is 91.2 cm³/mol. The molecule has 0 amide bonds. The molecule has 3 heterocycles. The Bertz CT molecular complexity index is 1060. The summed E-state index contributed by atoms with van der Waals surface area (Å²) in [6.07, 6.45) is -2.96. The first-order valence-corrected chi connectivity index (χ1v) is 9.25. The van der Waals surface area contributed by atoms with E-state index in [4.69, 9.17) is 0 Å². The SMILES string of the molecule is C[C@H](O)CNS(=O)(=O)c1ccc(-c2ccnc3[nH]c(C(F)(F)F)cc23)nc1. The number of alkyl halides is 3. The normalized spacial score (nSPS) is 13.8. The Balaban J connectivity index is 1.97. The first kappa shape index (κ1) is 19.3. The predicted octanol–water partition coefficient (Wildman–Crippen LogP) is 2.30. The maximum Gasteiger partial charge on any atom is 0.431 e. The summed E-state index contributed by atoms with van der Waals surface area (Å²) < 4.78 is 65.2. The number of nitrogens with zero attached hydrogens (tertiary/aromatic N) is 2. The molecule has 1 atom stereocenters. The van der Waals surface area contributed by atoms with E-state index in [0.29, 0.717) is 11.3 Å². The van der Waals surface area contributed by atoms with E-state index in [9.17, 15) is 26.7 Å². The molecular weight excluding hydrogens is 385 g/mol. The van der Waals surface area contributed by atoms with Crippen LogP contribution >= 0.6 is 0 Å². The Hall–Kier alpha value is -2.50. The molecule has 0 aromatic carbocycles. The number of hydrogen-bond donors (Lipinski definition) is 3. The molecule has 0 unspecified atom stereocenters. The van der Waals surface area contributed by atoms with E-state index >= 15 is 0 Å². The van der Waals surface area contributed by atoms with Crippen LogP contribution in [0.2, 0.25) is 0 Å². The first-order chi connectivity index (χ1) is 12.6. The van der Waals surface area contributed by atoms with Gasteiger partial charge in [0.05, 0.1) is 11.8 Å². The molecule has 0 radical (unpaired) electrons. The van der Waals surface area contributed by atoms with Crippen LogP contribution in [0.5, 0.6) is 0 Å². The lowest BCUT2D eigenvalue weighted by atomic mass is 10.1. The van der Waals surface area contributed by atoms with Gasteiger partial charge in [0.2, 0.25) is 10.0 Å². The van der Waals surface area contributed by atoms with Gasteiger partial charge in [0.25, 0.3) is 0 Å². The highest BCUT2D eigenvalue weighted by molar-refractivity contribution is 7.89. The fourth-order valence-electron chi connectivity index (χ4n) is 2.42. The Labute approximate surface area is 152 Å².